The molecule has 2 aromatic heterocycles. The second kappa shape index (κ2) is 4.82. The Morgan fingerprint density at radius 1 is 1.24 bits per heavy atom. The van der Waals surface area contributed by atoms with E-state index in [1.807, 2.05) is 6.92 Å². The molecule has 21 heavy (non-hydrogen) atoms. The number of nitrogens with zero attached hydrogens (tertiary/aromatic N) is 1. The SMILES string of the molecule is Cc1cc(=O)n2c(C(=O)Nc3ccc(O)cc3)c[nH]c2c1. The second-order valence-electron chi connectivity index (χ2n) is 4.77. The lowest BCUT2D eigenvalue weighted by atomic mass is 10.3. The first kappa shape index (κ1) is 13.0. The third-order valence-corrected chi connectivity index (χ3v) is 3.13. The largest absolute Gasteiger partial charge is 0.508 e. The number of aryl methyl sites for hydroxylation is 1. The fourth-order valence-electron chi connectivity index (χ4n) is 2.17. The number of phenols is 1. The number of hydrogen-bond acceptors (Lipinski definition) is 3. The van der Waals surface area contributed by atoms with Gasteiger partial charge in [0.25, 0.3) is 11.5 Å². The summed E-state index contributed by atoms with van der Waals surface area (Å²) in [5, 5.41) is 11.9. The maximum Gasteiger partial charge on any atom is 0.274 e. The molecule has 3 N–H and O–H groups in total. The predicted molar refractivity (Wildman–Crippen MR) is 78.8 cm³/mol. The number of amides is 1. The molecule has 106 valence electrons. The van der Waals surface area contributed by atoms with Crippen LogP contribution in [0.1, 0.15) is 16.1 Å². The van der Waals surface area contributed by atoms with Gasteiger partial charge in [0.2, 0.25) is 0 Å². The lowest BCUT2D eigenvalue weighted by Gasteiger charge is -2.05. The molecule has 6 heteroatoms. The molecule has 0 aliphatic carbocycles. The summed E-state index contributed by atoms with van der Waals surface area (Å²) in [5.41, 5.74) is 1.89. The summed E-state index contributed by atoms with van der Waals surface area (Å²) in [7, 11) is 0. The highest BCUT2D eigenvalue weighted by molar-refractivity contribution is 6.03. The molecule has 2 heterocycles. The minimum absolute atomic E-state index is 0.117. The van der Waals surface area contributed by atoms with E-state index in [0.29, 0.717) is 11.3 Å². The number of aromatic hydroxyl groups is 1. The van der Waals surface area contributed by atoms with Crippen molar-refractivity contribution in [1.82, 2.24) is 9.38 Å². The quantitative estimate of drug-likeness (QED) is 0.628. The van der Waals surface area contributed by atoms with Crippen LogP contribution in [0, 0.1) is 6.92 Å². The molecular formula is C15H13N3O3. The van der Waals surface area contributed by atoms with Crippen molar-refractivity contribution in [2.45, 2.75) is 6.92 Å². The first-order chi connectivity index (χ1) is 10.0. The zero-order valence-electron chi connectivity index (χ0n) is 11.3. The average molecular weight is 283 g/mol. The van der Waals surface area contributed by atoms with E-state index in [2.05, 4.69) is 10.3 Å². The van der Waals surface area contributed by atoms with Crippen LogP contribution in [0.5, 0.6) is 5.75 Å². The van der Waals surface area contributed by atoms with Crippen molar-refractivity contribution in [1.29, 1.82) is 0 Å². The standard InChI is InChI=1S/C15H13N3O3/c1-9-6-13-16-8-12(18(13)14(20)7-9)15(21)17-10-2-4-11(19)5-3-10/h2-8,16,19H,1H3,(H,17,21). The summed E-state index contributed by atoms with van der Waals surface area (Å²) in [6.45, 7) is 1.82. The number of benzene rings is 1. The summed E-state index contributed by atoms with van der Waals surface area (Å²) >= 11 is 0. The van der Waals surface area contributed by atoms with Crippen LogP contribution in [-0.4, -0.2) is 20.4 Å². The molecule has 0 aliphatic heterocycles. The highest BCUT2D eigenvalue weighted by atomic mass is 16.3. The third kappa shape index (κ3) is 2.38. The molecule has 1 amide bonds. The normalized spacial score (nSPS) is 10.7. The number of aromatic nitrogens is 2. The van der Waals surface area contributed by atoms with E-state index in [-0.39, 0.29) is 17.0 Å². The summed E-state index contributed by atoms with van der Waals surface area (Å²) in [4.78, 5) is 27.2. The Labute approximate surface area is 119 Å². The van der Waals surface area contributed by atoms with Crippen LogP contribution in [0.15, 0.2) is 47.4 Å². The van der Waals surface area contributed by atoms with Gasteiger partial charge in [0, 0.05) is 18.0 Å². The molecule has 0 saturated heterocycles. The van der Waals surface area contributed by atoms with Gasteiger partial charge in [-0.15, -0.1) is 0 Å². The van der Waals surface area contributed by atoms with E-state index in [0.717, 1.165) is 5.56 Å². The van der Waals surface area contributed by atoms with Gasteiger partial charge in [0.1, 0.15) is 17.1 Å². The van der Waals surface area contributed by atoms with E-state index in [4.69, 9.17) is 0 Å². The minimum atomic E-state index is -0.405. The average Bonchev–Trinajstić information content (AvgIpc) is 2.85. The topological polar surface area (TPSA) is 86.6 Å². The molecule has 3 rings (SSSR count). The minimum Gasteiger partial charge on any atom is -0.508 e. The van der Waals surface area contributed by atoms with Gasteiger partial charge in [-0.25, -0.2) is 0 Å². The van der Waals surface area contributed by atoms with Gasteiger partial charge >= 0.3 is 0 Å². The lowest BCUT2D eigenvalue weighted by molar-refractivity contribution is 0.102. The van der Waals surface area contributed by atoms with Crippen molar-refractivity contribution in [2.24, 2.45) is 0 Å². The van der Waals surface area contributed by atoms with Gasteiger partial charge in [-0.1, -0.05) is 0 Å². The molecule has 0 fully saturated rings. The van der Waals surface area contributed by atoms with Crippen molar-refractivity contribution in [3.8, 4) is 5.75 Å². The van der Waals surface area contributed by atoms with Gasteiger partial charge in [0.15, 0.2) is 0 Å². The second-order valence-corrected chi connectivity index (χ2v) is 4.77. The summed E-state index contributed by atoms with van der Waals surface area (Å²) < 4.78 is 1.32. The van der Waals surface area contributed by atoms with E-state index >= 15 is 0 Å². The molecule has 3 aromatic rings. The number of hydrogen-bond donors (Lipinski definition) is 3. The highest BCUT2D eigenvalue weighted by Gasteiger charge is 2.13. The molecule has 0 spiro atoms. The monoisotopic (exact) mass is 283 g/mol. The molecular weight excluding hydrogens is 270 g/mol. The van der Waals surface area contributed by atoms with Crippen molar-refractivity contribution in [2.75, 3.05) is 5.32 Å². The van der Waals surface area contributed by atoms with Crippen LogP contribution >= 0.6 is 0 Å². The van der Waals surface area contributed by atoms with Gasteiger partial charge < -0.3 is 15.4 Å². The van der Waals surface area contributed by atoms with E-state index < -0.39 is 5.91 Å². The Morgan fingerprint density at radius 3 is 2.67 bits per heavy atom. The van der Waals surface area contributed by atoms with Crippen molar-refractivity contribution in [3.63, 3.8) is 0 Å². The van der Waals surface area contributed by atoms with Crippen LogP contribution in [0.25, 0.3) is 5.65 Å². The number of anilines is 1. The fourth-order valence-corrected chi connectivity index (χ4v) is 2.17. The number of carbonyl (C=O) groups excluding carboxylic acids is 1. The Morgan fingerprint density at radius 2 is 1.95 bits per heavy atom. The molecule has 6 nitrogen and oxygen atoms in total. The van der Waals surface area contributed by atoms with E-state index in [1.54, 1.807) is 18.2 Å². The molecule has 0 unspecified atom stereocenters. The van der Waals surface area contributed by atoms with E-state index in [9.17, 15) is 14.7 Å². The van der Waals surface area contributed by atoms with Crippen LogP contribution in [0.4, 0.5) is 5.69 Å². The number of pyridine rings is 1. The van der Waals surface area contributed by atoms with Crippen LogP contribution in [0.2, 0.25) is 0 Å². The number of fused-ring (bicyclic) bond motifs is 1. The molecule has 0 aliphatic rings. The highest BCUT2D eigenvalue weighted by Crippen LogP contribution is 2.15. The van der Waals surface area contributed by atoms with Gasteiger partial charge in [-0.2, -0.15) is 0 Å². The lowest BCUT2D eigenvalue weighted by Crippen LogP contribution is -2.21. The van der Waals surface area contributed by atoms with E-state index in [1.165, 1.54) is 28.8 Å². The Balaban J connectivity index is 1.98. The van der Waals surface area contributed by atoms with Gasteiger partial charge in [0.05, 0.1) is 0 Å². The van der Waals surface area contributed by atoms with Crippen molar-refractivity contribution in [3.05, 3.63) is 64.2 Å². The van der Waals surface area contributed by atoms with Crippen LogP contribution in [0.3, 0.4) is 0 Å². The predicted octanol–water partition coefficient (Wildman–Crippen LogP) is 1.89. The number of imidazole rings is 1. The molecule has 0 atom stereocenters. The van der Waals surface area contributed by atoms with Gasteiger partial charge in [-0.05, 0) is 42.8 Å². The van der Waals surface area contributed by atoms with Gasteiger partial charge in [-0.3, -0.25) is 14.0 Å². The van der Waals surface area contributed by atoms with Crippen molar-refractivity contribution >= 4 is 17.2 Å². The number of phenolic OH excluding ortho intramolecular Hbond substituents is 1. The Kier molecular flexibility index (Phi) is 2.98. The van der Waals surface area contributed by atoms with Crippen LogP contribution < -0.4 is 10.9 Å². The maximum atomic E-state index is 12.3. The molecule has 0 radical (unpaired) electrons. The maximum absolute atomic E-state index is 12.3. The molecule has 1 aromatic carbocycles. The van der Waals surface area contributed by atoms with Crippen LogP contribution in [-0.2, 0) is 0 Å². The number of carbonyl (C=O) groups is 1. The number of H-pyrrole nitrogens is 1. The first-order valence-electron chi connectivity index (χ1n) is 6.36. The number of nitrogens with one attached hydrogen (secondary N) is 2. The van der Waals surface area contributed by atoms with Crippen molar-refractivity contribution < 1.29 is 9.90 Å². The molecule has 0 saturated carbocycles. The number of rotatable bonds is 2. The zero-order chi connectivity index (χ0) is 15.0. The fraction of sp³-hybridized carbons (Fsp3) is 0.0667. The molecule has 0 bridgehead atoms. The first-order valence-corrected chi connectivity index (χ1v) is 6.36. The Bertz CT molecular complexity index is 875. The zero-order valence-corrected chi connectivity index (χ0v) is 11.3. The third-order valence-electron chi connectivity index (χ3n) is 3.13. The summed E-state index contributed by atoms with van der Waals surface area (Å²) in [6, 6.07) is 9.36. The Hall–Kier alpha value is -3.02. The number of aromatic amines is 1. The summed E-state index contributed by atoms with van der Waals surface area (Å²) in [5.74, 6) is -0.287. The smallest absolute Gasteiger partial charge is 0.274 e. The summed E-state index contributed by atoms with van der Waals surface area (Å²) in [6.07, 6.45) is 1.49.